The normalized spacial score (nSPS) is 16.5. The number of amides is 1. The van der Waals surface area contributed by atoms with Crippen molar-refractivity contribution in [3.05, 3.63) is 89.1 Å². The SMILES string of the molecule is Cc1cccc(C)c1-c1cc2nc(n1)NS(=O)(=O)c1cccc(c1)C(=O)N(Cc1cccc(NCC(C)(C)C)n1)[C@H](CC(C)(C)C)CO2. The van der Waals surface area contributed by atoms with Crippen LogP contribution in [0.15, 0.2) is 71.6 Å². The van der Waals surface area contributed by atoms with Gasteiger partial charge in [-0.1, -0.05) is 71.9 Å². The first-order valence-corrected chi connectivity index (χ1v) is 17.7. The highest BCUT2D eigenvalue weighted by atomic mass is 32.2. The highest BCUT2D eigenvalue weighted by Crippen LogP contribution is 2.32. The van der Waals surface area contributed by atoms with E-state index in [2.05, 4.69) is 61.5 Å². The van der Waals surface area contributed by atoms with E-state index >= 15 is 0 Å². The van der Waals surface area contributed by atoms with Crippen LogP contribution in [-0.4, -0.2) is 53.4 Å². The second-order valence-corrected chi connectivity index (χ2v) is 16.6. The zero-order valence-corrected chi connectivity index (χ0v) is 29.9. The number of hydrogen-bond donors (Lipinski definition) is 2. The van der Waals surface area contributed by atoms with Gasteiger partial charge in [-0.15, -0.1) is 0 Å². The Kier molecular flexibility index (Phi) is 9.82. The first-order chi connectivity index (χ1) is 22.5. The van der Waals surface area contributed by atoms with E-state index < -0.39 is 16.1 Å². The van der Waals surface area contributed by atoms with Crippen LogP contribution in [0, 0.1) is 24.7 Å². The van der Waals surface area contributed by atoms with E-state index in [1.165, 1.54) is 12.1 Å². The molecule has 4 aromatic rings. The summed E-state index contributed by atoms with van der Waals surface area (Å²) in [5.74, 6) is 0.474. The molecule has 2 aromatic heterocycles. The molecule has 1 aliphatic rings. The minimum absolute atomic E-state index is 0.0529. The Labute approximate surface area is 284 Å². The Bertz CT molecular complexity index is 1890. The van der Waals surface area contributed by atoms with E-state index in [1.807, 2.05) is 50.2 Å². The Morgan fingerprint density at radius 2 is 1.58 bits per heavy atom. The number of hydrogen-bond acceptors (Lipinski definition) is 8. The fraction of sp³-hybridized carbons (Fsp3) is 0.405. The lowest BCUT2D eigenvalue weighted by molar-refractivity contribution is 0.0509. The molecule has 1 aliphatic heterocycles. The molecule has 3 heterocycles. The van der Waals surface area contributed by atoms with Crippen molar-refractivity contribution in [3.63, 3.8) is 0 Å². The standard InChI is InChI=1S/C37H46N6O4S/c1-24-12-9-13-25(2)33(24)30-19-32-41-35(40-30)42-48(45,46)29-16-10-14-26(18-29)34(44)43(28(22-47-32)20-36(3,4)5)21-27-15-11-17-31(39-27)38-23-37(6,7)8/h9-19,28H,20-23H2,1-8H3,(H,38,39)(H,40,41,42)/t28-/m1/s1. The number of fused-ring (bicyclic) bond motifs is 4. The molecule has 0 unspecified atom stereocenters. The summed E-state index contributed by atoms with van der Waals surface area (Å²) in [6, 6.07) is 19.0. The van der Waals surface area contributed by atoms with Gasteiger partial charge in [0.15, 0.2) is 0 Å². The van der Waals surface area contributed by atoms with E-state index in [0.717, 1.165) is 29.1 Å². The summed E-state index contributed by atoms with van der Waals surface area (Å²) < 4.78 is 36.3. The number of sulfonamides is 1. The van der Waals surface area contributed by atoms with Crippen LogP contribution < -0.4 is 14.8 Å². The number of carbonyl (C=O) groups excluding carboxylic acids is 1. The van der Waals surface area contributed by atoms with Gasteiger partial charge in [-0.25, -0.2) is 23.1 Å². The Balaban J connectivity index is 1.63. The Hall–Kier alpha value is -4.51. The van der Waals surface area contributed by atoms with Crippen molar-refractivity contribution in [2.75, 3.05) is 23.2 Å². The molecule has 4 bridgehead atoms. The van der Waals surface area contributed by atoms with E-state index in [4.69, 9.17) is 9.72 Å². The van der Waals surface area contributed by atoms with Gasteiger partial charge in [0.1, 0.15) is 12.4 Å². The van der Waals surface area contributed by atoms with Gasteiger partial charge in [0.25, 0.3) is 15.9 Å². The van der Waals surface area contributed by atoms with Crippen molar-refractivity contribution in [1.82, 2.24) is 19.9 Å². The van der Waals surface area contributed by atoms with Gasteiger partial charge < -0.3 is 15.0 Å². The molecule has 0 radical (unpaired) electrons. The van der Waals surface area contributed by atoms with Gasteiger partial charge in [-0.3, -0.25) is 4.79 Å². The third-order valence-electron chi connectivity index (χ3n) is 7.97. The van der Waals surface area contributed by atoms with Crippen LogP contribution in [0.5, 0.6) is 5.88 Å². The topological polar surface area (TPSA) is 126 Å². The highest BCUT2D eigenvalue weighted by Gasteiger charge is 2.32. The largest absolute Gasteiger partial charge is 0.475 e. The molecule has 11 heteroatoms. The number of aryl methyl sites for hydroxylation is 2. The lowest BCUT2D eigenvalue weighted by atomic mass is 9.87. The molecule has 48 heavy (non-hydrogen) atoms. The summed E-state index contributed by atoms with van der Waals surface area (Å²) in [7, 11) is -4.17. The summed E-state index contributed by atoms with van der Waals surface area (Å²) in [6.45, 7) is 17.8. The fourth-order valence-electron chi connectivity index (χ4n) is 5.74. The van der Waals surface area contributed by atoms with Gasteiger partial charge in [0, 0.05) is 23.7 Å². The van der Waals surface area contributed by atoms with Crippen LogP contribution in [0.1, 0.15) is 75.1 Å². The number of carbonyl (C=O) groups is 1. The molecule has 0 fully saturated rings. The zero-order chi connectivity index (χ0) is 34.9. The molecule has 10 nitrogen and oxygen atoms in total. The summed E-state index contributed by atoms with van der Waals surface area (Å²) in [5.41, 5.74) is 4.15. The molecular formula is C37H46N6O4S. The van der Waals surface area contributed by atoms with Crippen LogP contribution in [0.2, 0.25) is 0 Å². The molecule has 0 aliphatic carbocycles. The molecule has 5 rings (SSSR count). The molecule has 2 N–H and O–H groups in total. The Morgan fingerprint density at radius 3 is 2.27 bits per heavy atom. The number of pyridine rings is 1. The molecule has 1 amide bonds. The van der Waals surface area contributed by atoms with Crippen molar-refractivity contribution in [3.8, 4) is 17.1 Å². The predicted octanol–water partition coefficient (Wildman–Crippen LogP) is 7.25. The van der Waals surface area contributed by atoms with Crippen molar-refractivity contribution >= 4 is 27.7 Å². The number of rotatable bonds is 6. The van der Waals surface area contributed by atoms with Crippen LogP contribution >= 0.6 is 0 Å². The van der Waals surface area contributed by atoms with E-state index in [1.54, 1.807) is 23.1 Å². The van der Waals surface area contributed by atoms with Crippen molar-refractivity contribution in [2.24, 2.45) is 10.8 Å². The second kappa shape index (κ2) is 13.5. The van der Waals surface area contributed by atoms with E-state index in [0.29, 0.717) is 17.8 Å². The van der Waals surface area contributed by atoms with Gasteiger partial charge in [0.2, 0.25) is 11.8 Å². The van der Waals surface area contributed by atoms with Crippen molar-refractivity contribution in [2.45, 2.75) is 79.3 Å². The monoisotopic (exact) mass is 670 g/mol. The van der Waals surface area contributed by atoms with Crippen LogP contribution in [0.3, 0.4) is 0 Å². The second-order valence-electron chi connectivity index (χ2n) is 14.9. The molecule has 0 saturated heterocycles. The number of aromatic nitrogens is 3. The summed E-state index contributed by atoms with van der Waals surface area (Å²) in [5, 5.41) is 3.40. The summed E-state index contributed by atoms with van der Waals surface area (Å²) in [4.78, 5) is 30.1. The minimum atomic E-state index is -4.17. The molecule has 2 aromatic carbocycles. The minimum Gasteiger partial charge on any atom is -0.475 e. The van der Waals surface area contributed by atoms with Gasteiger partial charge in [-0.05, 0) is 72.6 Å². The molecular weight excluding hydrogens is 625 g/mol. The molecule has 1 atom stereocenters. The zero-order valence-electron chi connectivity index (χ0n) is 29.1. The van der Waals surface area contributed by atoms with Gasteiger partial charge >= 0.3 is 0 Å². The van der Waals surface area contributed by atoms with E-state index in [9.17, 15) is 13.2 Å². The van der Waals surface area contributed by atoms with Gasteiger partial charge in [0.05, 0.1) is 28.9 Å². The average molecular weight is 671 g/mol. The maximum Gasteiger partial charge on any atom is 0.264 e. The third-order valence-corrected chi connectivity index (χ3v) is 9.29. The number of ether oxygens (including phenoxy) is 1. The smallest absolute Gasteiger partial charge is 0.264 e. The Morgan fingerprint density at radius 1 is 0.896 bits per heavy atom. The third kappa shape index (κ3) is 8.69. The summed E-state index contributed by atoms with van der Waals surface area (Å²) >= 11 is 0. The molecule has 254 valence electrons. The van der Waals surface area contributed by atoms with Gasteiger partial charge in [-0.2, -0.15) is 4.98 Å². The maximum absolute atomic E-state index is 14.5. The van der Waals surface area contributed by atoms with Crippen LogP contribution in [-0.2, 0) is 16.6 Å². The molecule has 0 spiro atoms. The number of nitrogens with zero attached hydrogens (tertiary/aromatic N) is 4. The predicted molar refractivity (Wildman–Crippen MR) is 190 cm³/mol. The van der Waals surface area contributed by atoms with Crippen LogP contribution in [0.25, 0.3) is 11.3 Å². The maximum atomic E-state index is 14.5. The summed E-state index contributed by atoms with van der Waals surface area (Å²) in [6.07, 6.45) is 0.596. The number of nitrogens with one attached hydrogen (secondary N) is 2. The average Bonchev–Trinajstić information content (AvgIpc) is 2.99. The molecule has 0 saturated carbocycles. The first-order valence-electron chi connectivity index (χ1n) is 16.2. The van der Waals surface area contributed by atoms with Crippen LogP contribution in [0.4, 0.5) is 11.8 Å². The first kappa shape index (κ1) is 34.8. The number of anilines is 2. The lowest BCUT2D eigenvalue weighted by Crippen LogP contribution is -2.45. The quantitative estimate of drug-likeness (QED) is 0.220. The lowest BCUT2D eigenvalue weighted by Gasteiger charge is -2.35. The number of benzene rings is 2. The fourth-order valence-corrected chi connectivity index (χ4v) is 6.73. The van der Waals surface area contributed by atoms with Crippen molar-refractivity contribution < 1.29 is 17.9 Å². The van der Waals surface area contributed by atoms with Crippen molar-refractivity contribution in [1.29, 1.82) is 0 Å². The van der Waals surface area contributed by atoms with E-state index in [-0.39, 0.29) is 52.2 Å². The highest BCUT2D eigenvalue weighted by molar-refractivity contribution is 7.92.